The van der Waals surface area contributed by atoms with Crippen molar-refractivity contribution in [3.8, 4) is 17.2 Å². The van der Waals surface area contributed by atoms with E-state index in [1.165, 1.54) is 0 Å². The molecule has 0 saturated heterocycles. The van der Waals surface area contributed by atoms with Gasteiger partial charge in [0.1, 0.15) is 19.0 Å². The minimum absolute atomic E-state index is 0.152. The highest BCUT2D eigenvalue weighted by Crippen LogP contribution is 2.34. The predicted octanol–water partition coefficient (Wildman–Crippen LogP) is 2.60. The van der Waals surface area contributed by atoms with Gasteiger partial charge in [0.15, 0.2) is 17.6 Å². The standard InChI is InChI=1S/C20H20N2O5/c1-13-20(24)22(15-4-2-3-5-16(15)27-13)9-8-19(23)21-14-6-7-17-18(12-14)26-11-10-25-17/h2-7,12-13H,8-11H2,1H3,(H,21,23)/t13-/m0/s1. The molecule has 2 heterocycles. The summed E-state index contributed by atoms with van der Waals surface area (Å²) in [6.07, 6.45) is -0.401. The van der Waals surface area contributed by atoms with Crippen LogP contribution in [0.2, 0.25) is 0 Å². The van der Waals surface area contributed by atoms with Gasteiger partial charge in [0, 0.05) is 24.7 Å². The Morgan fingerprint density at radius 2 is 1.89 bits per heavy atom. The average molecular weight is 368 g/mol. The molecule has 0 unspecified atom stereocenters. The van der Waals surface area contributed by atoms with Crippen molar-refractivity contribution in [1.82, 2.24) is 0 Å². The fraction of sp³-hybridized carbons (Fsp3) is 0.300. The highest BCUT2D eigenvalue weighted by molar-refractivity contribution is 6.00. The molecule has 0 bridgehead atoms. The van der Waals surface area contributed by atoms with Crippen LogP contribution in [0.25, 0.3) is 0 Å². The van der Waals surface area contributed by atoms with E-state index >= 15 is 0 Å². The number of fused-ring (bicyclic) bond motifs is 2. The van der Waals surface area contributed by atoms with Crippen molar-refractivity contribution >= 4 is 23.2 Å². The second kappa shape index (κ2) is 7.19. The van der Waals surface area contributed by atoms with Gasteiger partial charge < -0.3 is 24.4 Å². The first kappa shape index (κ1) is 17.2. The van der Waals surface area contributed by atoms with Crippen molar-refractivity contribution in [2.45, 2.75) is 19.4 Å². The van der Waals surface area contributed by atoms with Crippen LogP contribution in [0.1, 0.15) is 13.3 Å². The third-order valence-corrected chi connectivity index (χ3v) is 4.46. The van der Waals surface area contributed by atoms with Crippen molar-refractivity contribution in [2.24, 2.45) is 0 Å². The molecule has 2 aromatic carbocycles. The number of benzene rings is 2. The molecule has 2 amide bonds. The average Bonchev–Trinajstić information content (AvgIpc) is 2.68. The number of ether oxygens (including phenoxy) is 3. The van der Waals surface area contributed by atoms with Crippen molar-refractivity contribution in [3.05, 3.63) is 42.5 Å². The molecule has 1 atom stereocenters. The molecule has 27 heavy (non-hydrogen) atoms. The number of carbonyl (C=O) groups excluding carboxylic acids is 2. The molecule has 0 fully saturated rings. The van der Waals surface area contributed by atoms with Gasteiger partial charge in [-0.1, -0.05) is 12.1 Å². The Morgan fingerprint density at radius 3 is 2.74 bits per heavy atom. The smallest absolute Gasteiger partial charge is 0.267 e. The summed E-state index contributed by atoms with van der Waals surface area (Å²) in [6.45, 7) is 2.99. The normalized spacial score (nSPS) is 17.7. The van der Waals surface area contributed by atoms with Crippen molar-refractivity contribution < 1.29 is 23.8 Å². The monoisotopic (exact) mass is 368 g/mol. The molecule has 0 aliphatic carbocycles. The third kappa shape index (κ3) is 3.53. The third-order valence-electron chi connectivity index (χ3n) is 4.46. The molecule has 7 heteroatoms. The summed E-state index contributed by atoms with van der Waals surface area (Å²) < 4.78 is 16.6. The summed E-state index contributed by atoms with van der Waals surface area (Å²) in [5, 5.41) is 2.84. The van der Waals surface area contributed by atoms with Crippen LogP contribution in [0.3, 0.4) is 0 Å². The molecule has 140 valence electrons. The number of rotatable bonds is 4. The minimum atomic E-state index is -0.569. The fourth-order valence-corrected chi connectivity index (χ4v) is 3.15. The molecular formula is C20H20N2O5. The van der Waals surface area contributed by atoms with E-state index in [4.69, 9.17) is 14.2 Å². The number of para-hydroxylation sites is 2. The Bertz CT molecular complexity index is 882. The molecule has 7 nitrogen and oxygen atoms in total. The maximum atomic E-state index is 12.5. The lowest BCUT2D eigenvalue weighted by molar-refractivity contribution is -0.125. The molecule has 2 aromatic rings. The Morgan fingerprint density at radius 1 is 1.11 bits per heavy atom. The van der Waals surface area contributed by atoms with Gasteiger partial charge in [0.2, 0.25) is 5.91 Å². The number of hydrogen-bond acceptors (Lipinski definition) is 5. The molecule has 0 spiro atoms. The van der Waals surface area contributed by atoms with E-state index in [9.17, 15) is 9.59 Å². The van der Waals surface area contributed by atoms with Crippen LogP contribution >= 0.6 is 0 Å². The number of amides is 2. The van der Waals surface area contributed by atoms with E-state index in [1.807, 2.05) is 24.3 Å². The van der Waals surface area contributed by atoms with Crippen molar-refractivity contribution in [2.75, 3.05) is 30.0 Å². The molecule has 1 N–H and O–H groups in total. The van der Waals surface area contributed by atoms with Crippen LogP contribution < -0.4 is 24.4 Å². The van der Waals surface area contributed by atoms with Gasteiger partial charge in [-0.3, -0.25) is 9.59 Å². The lowest BCUT2D eigenvalue weighted by Crippen LogP contribution is -2.45. The van der Waals surface area contributed by atoms with Gasteiger partial charge in [-0.15, -0.1) is 0 Å². The van der Waals surface area contributed by atoms with E-state index < -0.39 is 6.10 Å². The number of nitrogens with one attached hydrogen (secondary N) is 1. The van der Waals surface area contributed by atoms with E-state index in [1.54, 1.807) is 30.0 Å². The topological polar surface area (TPSA) is 77.1 Å². The predicted molar refractivity (Wildman–Crippen MR) is 99.6 cm³/mol. The zero-order chi connectivity index (χ0) is 18.8. The SMILES string of the molecule is C[C@@H]1Oc2ccccc2N(CCC(=O)Nc2ccc3c(c2)OCCO3)C1=O. The maximum absolute atomic E-state index is 12.5. The first-order valence-corrected chi connectivity index (χ1v) is 8.88. The summed E-state index contributed by atoms with van der Waals surface area (Å²) >= 11 is 0. The quantitative estimate of drug-likeness (QED) is 0.898. The van der Waals surface area contributed by atoms with Crippen LogP contribution in [0.15, 0.2) is 42.5 Å². The summed E-state index contributed by atoms with van der Waals surface area (Å²) in [4.78, 5) is 26.4. The molecule has 4 rings (SSSR count). The minimum Gasteiger partial charge on any atom is -0.486 e. The van der Waals surface area contributed by atoms with Crippen molar-refractivity contribution in [1.29, 1.82) is 0 Å². The summed E-state index contributed by atoms with van der Waals surface area (Å²) in [5.41, 5.74) is 1.32. The first-order chi connectivity index (χ1) is 13.1. The molecule has 2 aliphatic rings. The van der Waals surface area contributed by atoms with Gasteiger partial charge in [0.25, 0.3) is 5.91 Å². The molecule has 0 radical (unpaired) electrons. The van der Waals surface area contributed by atoms with E-state index in [0.717, 1.165) is 0 Å². The van der Waals surface area contributed by atoms with Crippen LogP contribution in [-0.2, 0) is 9.59 Å². The van der Waals surface area contributed by atoms with Crippen LogP contribution in [0, 0.1) is 0 Å². The Balaban J connectivity index is 1.41. The van der Waals surface area contributed by atoms with Gasteiger partial charge >= 0.3 is 0 Å². The van der Waals surface area contributed by atoms with E-state index in [-0.39, 0.29) is 24.8 Å². The Labute approximate surface area is 156 Å². The largest absolute Gasteiger partial charge is 0.486 e. The second-order valence-corrected chi connectivity index (χ2v) is 6.37. The van der Waals surface area contributed by atoms with E-state index in [2.05, 4.69) is 5.32 Å². The highest BCUT2D eigenvalue weighted by Gasteiger charge is 2.31. The van der Waals surface area contributed by atoms with Crippen molar-refractivity contribution in [3.63, 3.8) is 0 Å². The number of nitrogens with zero attached hydrogens (tertiary/aromatic N) is 1. The van der Waals surface area contributed by atoms with Crippen LogP contribution in [-0.4, -0.2) is 37.7 Å². The van der Waals surface area contributed by atoms with E-state index in [0.29, 0.717) is 41.8 Å². The molecule has 2 aliphatic heterocycles. The summed E-state index contributed by atoms with van der Waals surface area (Å²) in [7, 11) is 0. The Hall–Kier alpha value is -3.22. The zero-order valence-corrected chi connectivity index (χ0v) is 14.9. The highest BCUT2D eigenvalue weighted by atomic mass is 16.6. The maximum Gasteiger partial charge on any atom is 0.267 e. The fourth-order valence-electron chi connectivity index (χ4n) is 3.15. The first-order valence-electron chi connectivity index (χ1n) is 8.88. The number of carbonyl (C=O) groups is 2. The molecular weight excluding hydrogens is 348 g/mol. The molecule has 0 saturated carbocycles. The lowest BCUT2D eigenvalue weighted by atomic mass is 10.1. The lowest BCUT2D eigenvalue weighted by Gasteiger charge is -2.32. The second-order valence-electron chi connectivity index (χ2n) is 6.37. The number of hydrogen-bond donors (Lipinski definition) is 1. The Kier molecular flexibility index (Phi) is 4.58. The van der Waals surface area contributed by atoms with Gasteiger partial charge in [-0.05, 0) is 31.2 Å². The molecule has 0 aromatic heterocycles. The summed E-state index contributed by atoms with van der Waals surface area (Å²) in [5.74, 6) is 1.60. The zero-order valence-electron chi connectivity index (χ0n) is 14.9. The number of anilines is 2. The van der Waals surface area contributed by atoms with Gasteiger partial charge in [-0.2, -0.15) is 0 Å². The summed E-state index contributed by atoms with van der Waals surface area (Å²) in [6, 6.07) is 12.6. The van der Waals surface area contributed by atoms with Gasteiger partial charge in [0.05, 0.1) is 5.69 Å². The van der Waals surface area contributed by atoms with Gasteiger partial charge in [-0.25, -0.2) is 0 Å². The van der Waals surface area contributed by atoms with Crippen LogP contribution in [0.5, 0.6) is 17.2 Å². The van der Waals surface area contributed by atoms with Crippen LogP contribution in [0.4, 0.5) is 11.4 Å².